The van der Waals surface area contributed by atoms with Crippen LogP contribution in [0.15, 0.2) is 48.7 Å². The van der Waals surface area contributed by atoms with E-state index in [-0.39, 0.29) is 0 Å². The first-order valence-corrected chi connectivity index (χ1v) is 8.14. The Kier molecular flexibility index (Phi) is 5.64. The number of hydrogen-bond donors (Lipinski definition) is 2. The zero-order chi connectivity index (χ0) is 19.1. The number of methoxy groups -OCH3 is 2. The zero-order valence-electron chi connectivity index (χ0n) is 14.9. The van der Waals surface area contributed by atoms with E-state index < -0.39 is 0 Å². The number of para-hydroxylation sites is 1. The summed E-state index contributed by atoms with van der Waals surface area (Å²) in [5.74, 6) is 2.19. The fraction of sp³-hybridized carbons (Fsp3) is 0.158. The van der Waals surface area contributed by atoms with Crippen LogP contribution in [0, 0.1) is 11.3 Å². The number of nitrogens with one attached hydrogen (secondary N) is 2. The molecule has 0 aliphatic carbocycles. The molecular formula is C19H18N6O2. The fourth-order valence-corrected chi connectivity index (χ4v) is 2.43. The Morgan fingerprint density at radius 3 is 2.67 bits per heavy atom. The van der Waals surface area contributed by atoms with Crippen LogP contribution in [0.1, 0.15) is 11.1 Å². The predicted octanol–water partition coefficient (Wildman–Crippen LogP) is 3.12. The molecule has 0 saturated carbocycles. The Morgan fingerprint density at radius 2 is 1.89 bits per heavy atom. The van der Waals surface area contributed by atoms with Crippen molar-refractivity contribution in [3.63, 3.8) is 0 Å². The van der Waals surface area contributed by atoms with Crippen LogP contribution >= 0.6 is 0 Å². The number of nitriles is 1. The van der Waals surface area contributed by atoms with Crippen molar-refractivity contribution >= 4 is 17.5 Å². The Labute approximate surface area is 156 Å². The van der Waals surface area contributed by atoms with Gasteiger partial charge in [-0.3, -0.25) is 0 Å². The highest BCUT2D eigenvalue weighted by molar-refractivity contribution is 5.63. The van der Waals surface area contributed by atoms with Crippen molar-refractivity contribution in [3.8, 4) is 17.6 Å². The third-order valence-electron chi connectivity index (χ3n) is 3.77. The van der Waals surface area contributed by atoms with Crippen LogP contribution in [0.4, 0.5) is 17.5 Å². The van der Waals surface area contributed by atoms with Gasteiger partial charge in [-0.15, -0.1) is 5.10 Å². The topological polar surface area (TPSA) is 105 Å². The first-order valence-electron chi connectivity index (χ1n) is 8.14. The summed E-state index contributed by atoms with van der Waals surface area (Å²) >= 11 is 0. The summed E-state index contributed by atoms with van der Waals surface area (Å²) in [5, 5.41) is 23.3. The minimum Gasteiger partial charge on any atom is -0.493 e. The van der Waals surface area contributed by atoms with Gasteiger partial charge in [-0.1, -0.05) is 18.2 Å². The molecule has 0 unspecified atom stereocenters. The van der Waals surface area contributed by atoms with Gasteiger partial charge in [0.15, 0.2) is 17.3 Å². The molecule has 27 heavy (non-hydrogen) atoms. The van der Waals surface area contributed by atoms with Crippen LogP contribution in [0.5, 0.6) is 11.5 Å². The smallest absolute Gasteiger partial charge is 0.249 e. The molecule has 0 aliphatic heterocycles. The predicted molar refractivity (Wildman–Crippen MR) is 101 cm³/mol. The maximum Gasteiger partial charge on any atom is 0.249 e. The number of hydrogen-bond acceptors (Lipinski definition) is 8. The van der Waals surface area contributed by atoms with Gasteiger partial charge in [0.25, 0.3) is 0 Å². The molecule has 0 atom stereocenters. The normalized spacial score (nSPS) is 9.96. The van der Waals surface area contributed by atoms with Gasteiger partial charge in [-0.2, -0.15) is 15.3 Å². The molecule has 1 heterocycles. The molecule has 0 aliphatic rings. The van der Waals surface area contributed by atoms with E-state index in [2.05, 4.69) is 31.9 Å². The van der Waals surface area contributed by atoms with Crippen LogP contribution in [0.2, 0.25) is 0 Å². The lowest BCUT2D eigenvalue weighted by Crippen LogP contribution is -2.06. The molecule has 2 aromatic carbocycles. The fourth-order valence-electron chi connectivity index (χ4n) is 2.43. The van der Waals surface area contributed by atoms with E-state index in [1.54, 1.807) is 32.4 Å². The van der Waals surface area contributed by atoms with Crippen LogP contribution in [0.25, 0.3) is 0 Å². The molecule has 8 nitrogen and oxygen atoms in total. The lowest BCUT2D eigenvalue weighted by atomic mass is 10.2. The molecule has 1 aromatic heterocycles. The van der Waals surface area contributed by atoms with Gasteiger partial charge < -0.3 is 20.1 Å². The minimum atomic E-state index is 0.301. The van der Waals surface area contributed by atoms with Gasteiger partial charge in [0.05, 0.1) is 31.7 Å². The van der Waals surface area contributed by atoms with Crippen LogP contribution < -0.4 is 20.1 Å². The molecule has 136 valence electrons. The molecule has 8 heteroatoms. The second-order valence-electron chi connectivity index (χ2n) is 5.49. The van der Waals surface area contributed by atoms with Crippen molar-refractivity contribution < 1.29 is 9.47 Å². The molecule has 2 N–H and O–H groups in total. The van der Waals surface area contributed by atoms with Gasteiger partial charge in [0.1, 0.15) is 6.07 Å². The molecular weight excluding hydrogens is 344 g/mol. The number of anilines is 3. The summed E-state index contributed by atoms with van der Waals surface area (Å²) in [6.45, 7) is 0.521. The van der Waals surface area contributed by atoms with Gasteiger partial charge in [0.2, 0.25) is 5.95 Å². The Hall–Kier alpha value is -3.86. The second kappa shape index (κ2) is 8.49. The first-order chi connectivity index (χ1) is 13.2. The summed E-state index contributed by atoms with van der Waals surface area (Å²) in [5.41, 5.74) is 2.12. The highest BCUT2D eigenvalue weighted by atomic mass is 16.5. The molecule has 0 saturated heterocycles. The number of nitrogens with zero attached hydrogens (tertiary/aromatic N) is 4. The van der Waals surface area contributed by atoms with Crippen molar-refractivity contribution in [3.05, 3.63) is 59.8 Å². The molecule has 0 amide bonds. The van der Waals surface area contributed by atoms with E-state index in [1.807, 2.05) is 24.3 Å². The number of aromatic nitrogens is 3. The molecule has 0 radical (unpaired) electrons. The Morgan fingerprint density at radius 1 is 1.07 bits per heavy atom. The van der Waals surface area contributed by atoms with Gasteiger partial charge >= 0.3 is 0 Å². The van der Waals surface area contributed by atoms with E-state index in [9.17, 15) is 0 Å². The quantitative estimate of drug-likeness (QED) is 0.660. The highest BCUT2D eigenvalue weighted by Gasteiger charge is 2.07. The van der Waals surface area contributed by atoms with Crippen molar-refractivity contribution in [2.75, 3.05) is 24.9 Å². The monoisotopic (exact) mass is 362 g/mol. The summed E-state index contributed by atoms with van der Waals surface area (Å²) < 4.78 is 10.5. The second-order valence-corrected chi connectivity index (χ2v) is 5.49. The third-order valence-corrected chi connectivity index (χ3v) is 3.77. The van der Waals surface area contributed by atoms with E-state index in [1.165, 1.54) is 6.20 Å². The largest absolute Gasteiger partial charge is 0.493 e. The minimum absolute atomic E-state index is 0.301. The summed E-state index contributed by atoms with van der Waals surface area (Å²) in [7, 11) is 3.20. The molecule has 3 rings (SSSR count). The van der Waals surface area contributed by atoms with E-state index in [0.717, 1.165) is 5.56 Å². The third kappa shape index (κ3) is 4.41. The summed E-state index contributed by atoms with van der Waals surface area (Å²) in [6.07, 6.45) is 1.53. The van der Waals surface area contributed by atoms with Gasteiger partial charge in [-0.25, -0.2) is 0 Å². The molecule has 0 fully saturated rings. The van der Waals surface area contributed by atoms with Crippen molar-refractivity contribution in [1.82, 2.24) is 15.2 Å². The molecule has 0 bridgehead atoms. The first kappa shape index (κ1) is 17.9. The summed E-state index contributed by atoms with van der Waals surface area (Å²) in [6, 6.07) is 14.9. The van der Waals surface area contributed by atoms with Crippen molar-refractivity contribution in [2.24, 2.45) is 0 Å². The van der Waals surface area contributed by atoms with E-state index in [0.29, 0.717) is 41.1 Å². The van der Waals surface area contributed by atoms with Crippen LogP contribution in [-0.4, -0.2) is 29.4 Å². The summed E-state index contributed by atoms with van der Waals surface area (Å²) in [4.78, 5) is 4.37. The van der Waals surface area contributed by atoms with Crippen molar-refractivity contribution in [2.45, 2.75) is 6.54 Å². The lowest BCUT2D eigenvalue weighted by Gasteiger charge is -2.11. The van der Waals surface area contributed by atoms with Gasteiger partial charge in [-0.05, 0) is 29.8 Å². The number of benzene rings is 2. The zero-order valence-corrected chi connectivity index (χ0v) is 14.9. The molecule has 3 aromatic rings. The lowest BCUT2D eigenvalue weighted by molar-refractivity contribution is 0.354. The standard InChI is InChI=1S/C19H18N6O2/c1-26-16-8-7-13(9-17(16)27-2)11-21-18-12-22-25-19(24-18)23-15-6-4-3-5-14(15)10-20/h3-9,12H,11H2,1-2H3,(H2,21,23,24,25). The van der Waals surface area contributed by atoms with E-state index >= 15 is 0 Å². The SMILES string of the molecule is COc1ccc(CNc2cnnc(Nc3ccccc3C#N)n2)cc1OC. The van der Waals surface area contributed by atoms with Crippen LogP contribution in [0.3, 0.4) is 0 Å². The Bertz CT molecular complexity index is 970. The number of rotatable bonds is 7. The maximum atomic E-state index is 9.16. The highest BCUT2D eigenvalue weighted by Crippen LogP contribution is 2.27. The van der Waals surface area contributed by atoms with E-state index in [4.69, 9.17) is 14.7 Å². The number of ether oxygens (including phenoxy) is 2. The molecule has 0 spiro atoms. The van der Waals surface area contributed by atoms with Crippen LogP contribution in [-0.2, 0) is 6.54 Å². The van der Waals surface area contributed by atoms with Gasteiger partial charge in [0, 0.05) is 6.54 Å². The average Bonchev–Trinajstić information content (AvgIpc) is 2.72. The Balaban J connectivity index is 1.70. The average molecular weight is 362 g/mol. The van der Waals surface area contributed by atoms with Crippen molar-refractivity contribution in [1.29, 1.82) is 5.26 Å². The maximum absolute atomic E-state index is 9.16.